The van der Waals surface area contributed by atoms with E-state index in [2.05, 4.69) is 34.1 Å². The number of phenols is 1. The first kappa shape index (κ1) is 14.6. The number of aromatic hydroxyl groups is 1. The van der Waals surface area contributed by atoms with Crippen LogP contribution in [0.4, 0.5) is 5.82 Å². The van der Waals surface area contributed by atoms with Gasteiger partial charge in [0.25, 0.3) is 0 Å². The Balaban J connectivity index is 1.93. The van der Waals surface area contributed by atoms with Gasteiger partial charge in [0.15, 0.2) is 17.0 Å². The van der Waals surface area contributed by atoms with Crippen molar-refractivity contribution in [1.29, 1.82) is 0 Å². The van der Waals surface area contributed by atoms with Crippen LogP contribution in [0.5, 0.6) is 5.75 Å². The third-order valence-corrected chi connectivity index (χ3v) is 3.49. The van der Waals surface area contributed by atoms with E-state index in [1.165, 1.54) is 0 Å². The summed E-state index contributed by atoms with van der Waals surface area (Å²) >= 11 is 6.02. The maximum Gasteiger partial charge on any atom is 0.226 e. The van der Waals surface area contributed by atoms with Crippen molar-refractivity contribution in [1.82, 2.24) is 19.5 Å². The van der Waals surface area contributed by atoms with Gasteiger partial charge in [-0.25, -0.2) is 4.98 Å². The molecule has 1 aromatic carbocycles. The predicted octanol–water partition coefficient (Wildman–Crippen LogP) is 3.38. The molecular formula is C15H16ClN5O. The van der Waals surface area contributed by atoms with Gasteiger partial charge in [-0.2, -0.15) is 9.97 Å². The molecule has 0 radical (unpaired) electrons. The summed E-state index contributed by atoms with van der Waals surface area (Å²) in [6.45, 7) is 4.61. The number of fused-ring (bicyclic) bond motifs is 1. The zero-order valence-electron chi connectivity index (χ0n) is 12.3. The first-order valence-electron chi connectivity index (χ1n) is 6.96. The topological polar surface area (TPSA) is 75.9 Å². The lowest BCUT2D eigenvalue weighted by Crippen LogP contribution is -2.05. The summed E-state index contributed by atoms with van der Waals surface area (Å²) in [4.78, 5) is 12.9. The Kier molecular flexibility index (Phi) is 3.85. The Labute approximate surface area is 132 Å². The van der Waals surface area contributed by atoms with Crippen LogP contribution in [0, 0.1) is 0 Å². The molecule has 2 N–H and O–H groups in total. The highest BCUT2D eigenvalue weighted by molar-refractivity contribution is 6.28. The van der Waals surface area contributed by atoms with E-state index < -0.39 is 0 Å². The van der Waals surface area contributed by atoms with Crippen LogP contribution in [0.25, 0.3) is 11.2 Å². The van der Waals surface area contributed by atoms with Gasteiger partial charge in [0.2, 0.25) is 5.28 Å². The van der Waals surface area contributed by atoms with Crippen molar-refractivity contribution in [3.05, 3.63) is 41.4 Å². The molecule has 0 aliphatic heterocycles. The number of nitrogens with one attached hydrogen (secondary N) is 1. The smallest absolute Gasteiger partial charge is 0.226 e. The Hall–Kier alpha value is -2.34. The van der Waals surface area contributed by atoms with Gasteiger partial charge < -0.3 is 15.0 Å². The minimum absolute atomic E-state index is 0.174. The van der Waals surface area contributed by atoms with Gasteiger partial charge >= 0.3 is 0 Å². The Morgan fingerprint density at radius 2 is 2.14 bits per heavy atom. The lowest BCUT2D eigenvalue weighted by atomic mass is 10.2. The van der Waals surface area contributed by atoms with Crippen molar-refractivity contribution >= 4 is 28.6 Å². The van der Waals surface area contributed by atoms with Gasteiger partial charge in [0.1, 0.15) is 5.75 Å². The molecule has 0 saturated heterocycles. The summed E-state index contributed by atoms with van der Waals surface area (Å²) < 4.78 is 1.95. The van der Waals surface area contributed by atoms with Gasteiger partial charge in [0.05, 0.1) is 6.33 Å². The number of rotatable bonds is 4. The minimum Gasteiger partial charge on any atom is -0.508 e. The molecule has 0 unspecified atom stereocenters. The zero-order valence-corrected chi connectivity index (χ0v) is 13.0. The van der Waals surface area contributed by atoms with E-state index >= 15 is 0 Å². The lowest BCUT2D eigenvalue weighted by Gasteiger charge is -2.09. The lowest BCUT2D eigenvalue weighted by molar-refractivity contribution is 0.474. The summed E-state index contributed by atoms with van der Waals surface area (Å²) in [6.07, 6.45) is 1.74. The third-order valence-electron chi connectivity index (χ3n) is 3.32. The molecular weight excluding hydrogens is 302 g/mol. The highest BCUT2D eigenvalue weighted by atomic mass is 35.5. The molecule has 0 saturated carbocycles. The van der Waals surface area contributed by atoms with Crippen molar-refractivity contribution < 1.29 is 5.11 Å². The second-order valence-electron chi connectivity index (χ2n) is 5.28. The molecule has 7 heteroatoms. The van der Waals surface area contributed by atoms with E-state index in [0.717, 1.165) is 5.56 Å². The monoisotopic (exact) mass is 317 g/mol. The van der Waals surface area contributed by atoms with Crippen LogP contribution in [0.3, 0.4) is 0 Å². The molecule has 0 bridgehead atoms. The third kappa shape index (κ3) is 2.82. The van der Waals surface area contributed by atoms with Crippen molar-refractivity contribution in [2.75, 3.05) is 5.32 Å². The van der Waals surface area contributed by atoms with Gasteiger partial charge in [0, 0.05) is 12.6 Å². The second kappa shape index (κ2) is 5.81. The number of halogens is 1. The number of aromatic nitrogens is 4. The second-order valence-corrected chi connectivity index (χ2v) is 5.62. The maximum absolute atomic E-state index is 9.50. The normalized spacial score (nSPS) is 11.3. The number of phenolic OH excluding ortho intramolecular Hbond substituents is 1. The van der Waals surface area contributed by atoms with Gasteiger partial charge in [-0.15, -0.1) is 0 Å². The number of imidazole rings is 1. The largest absolute Gasteiger partial charge is 0.508 e. The predicted molar refractivity (Wildman–Crippen MR) is 86.2 cm³/mol. The zero-order chi connectivity index (χ0) is 15.7. The number of benzene rings is 1. The van der Waals surface area contributed by atoms with Crippen LogP contribution in [0.1, 0.15) is 25.5 Å². The maximum atomic E-state index is 9.50. The fraction of sp³-hybridized carbons (Fsp3) is 0.267. The van der Waals surface area contributed by atoms with Crippen LogP contribution < -0.4 is 5.32 Å². The molecule has 0 spiro atoms. The summed E-state index contributed by atoms with van der Waals surface area (Å²) in [7, 11) is 0. The Bertz CT molecular complexity index is 815. The molecule has 0 atom stereocenters. The minimum atomic E-state index is 0.174. The van der Waals surface area contributed by atoms with E-state index in [1.54, 1.807) is 24.5 Å². The summed E-state index contributed by atoms with van der Waals surface area (Å²) in [5, 5.41) is 12.9. The fourth-order valence-electron chi connectivity index (χ4n) is 2.24. The van der Waals surface area contributed by atoms with E-state index in [4.69, 9.17) is 11.6 Å². The molecule has 6 nitrogen and oxygen atoms in total. The van der Waals surface area contributed by atoms with E-state index in [9.17, 15) is 5.11 Å². The van der Waals surface area contributed by atoms with Crippen molar-refractivity contribution in [2.45, 2.75) is 26.4 Å². The van der Waals surface area contributed by atoms with Crippen LogP contribution in [0.2, 0.25) is 5.28 Å². The van der Waals surface area contributed by atoms with E-state index in [1.807, 2.05) is 10.6 Å². The van der Waals surface area contributed by atoms with Gasteiger partial charge in [-0.3, -0.25) is 0 Å². The Morgan fingerprint density at radius 1 is 1.32 bits per heavy atom. The number of hydrogen-bond donors (Lipinski definition) is 2. The first-order valence-corrected chi connectivity index (χ1v) is 7.34. The summed E-state index contributed by atoms with van der Waals surface area (Å²) in [5.74, 6) is 0.812. The summed E-state index contributed by atoms with van der Waals surface area (Å²) in [5.41, 5.74) is 2.32. The number of anilines is 1. The summed E-state index contributed by atoms with van der Waals surface area (Å²) in [6, 6.07) is 7.27. The average Bonchev–Trinajstić information content (AvgIpc) is 2.88. The van der Waals surface area contributed by atoms with E-state index in [0.29, 0.717) is 23.5 Å². The van der Waals surface area contributed by atoms with Crippen LogP contribution >= 0.6 is 11.6 Å². The van der Waals surface area contributed by atoms with Crippen molar-refractivity contribution in [3.8, 4) is 5.75 Å². The molecule has 2 heterocycles. The van der Waals surface area contributed by atoms with Crippen LogP contribution in [-0.2, 0) is 6.54 Å². The molecule has 0 aliphatic rings. The molecule has 0 amide bonds. The molecule has 0 fully saturated rings. The van der Waals surface area contributed by atoms with Crippen LogP contribution in [-0.4, -0.2) is 24.6 Å². The molecule has 0 aliphatic carbocycles. The molecule has 3 aromatic rings. The highest BCUT2D eigenvalue weighted by Gasteiger charge is 2.14. The first-order chi connectivity index (χ1) is 10.5. The van der Waals surface area contributed by atoms with Crippen molar-refractivity contribution in [2.24, 2.45) is 0 Å². The van der Waals surface area contributed by atoms with Gasteiger partial charge in [-0.05, 0) is 43.1 Å². The standard InChI is InChI=1S/C15H16ClN5O/c1-9(2)21-8-18-12-13(19-15(16)20-14(12)21)17-7-10-4-3-5-11(22)6-10/h3-6,8-9,22H,7H2,1-2H3,(H,17,19,20). The number of hydrogen-bond acceptors (Lipinski definition) is 5. The van der Waals surface area contributed by atoms with Gasteiger partial charge in [-0.1, -0.05) is 12.1 Å². The molecule has 22 heavy (non-hydrogen) atoms. The fourth-order valence-corrected chi connectivity index (χ4v) is 2.41. The number of nitrogens with zero attached hydrogens (tertiary/aromatic N) is 4. The highest BCUT2D eigenvalue weighted by Crippen LogP contribution is 2.24. The SMILES string of the molecule is CC(C)n1cnc2c(NCc3cccc(O)c3)nc(Cl)nc21. The average molecular weight is 318 g/mol. The quantitative estimate of drug-likeness (QED) is 0.721. The van der Waals surface area contributed by atoms with Crippen molar-refractivity contribution in [3.63, 3.8) is 0 Å². The molecule has 114 valence electrons. The van der Waals surface area contributed by atoms with E-state index in [-0.39, 0.29) is 17.1 Å². The molecule has 3 rings (SSSR count). The Morgan fingerprint density at radius 3 is 2.86 bits per heavy atom. The molecule has 2 aromatic heterocycles. The van der Waals surface area contributed by atoms with Crippen LogP contribution in [0.15, 0.2) is 30.6 Å².